The number of benzene rings is 1. The van der Waals surface area contributed by atoms with E-state index in [0.29, 0.717) is 0 Å². The summed E-state index contributed by atoms with van der Waals surface area (Å²) in [5.74, 6) is -1.90. The van der Waals surface area contributed by atoms with Gasteiger partial charge < -0.3 is 4.74 Å². The van der Waals surface area contributed by atoms with Crippen LogP contribution >= 0.6 is 0 Å². The van der Waals surface area contributed by atoms with Crippen molar-refractivity contribution in [2.45, 2.75) is 44.9 Å². The average Bonchev–Trinajstić information content (AvgIpc) is 2.32. The zero-order chi connectivity index (χ0) is 16.3. The molecule has 3 nitrogen and oxygen atoms in total. The lowest BCUT2D eigenvalue weighted by molar-refractivity contribution is -0.155. The fourth-order valence-corrected chi connectivity index (χ4v) is 1.83. The van der Waals surface area contributed by atoms with Gasteiger partial charge in [-0.15, -0.1) is 0 Å². The molecule has 1 aromatic carbocycles. The third kappa shape index (κ3) is 5.10. The summed E-state index contributed by atoms with van der Waals surface area (Å²) in [7, 11) is 0. The second kappa shape index (κ2) is 6.17. The van der Waals surface area contributed by atoms with Crippen molar-refractivity contribution in [2.24, 2.45) is 0 Å². The van der Waals surface area contributed by atoms with E-state index in [2.05, 4.69) is 0 Å². The van der Waals surface area contributed by atoms with E-state index in [1.165, 1.54) is 18.2 Å². The molecule has 21 heavy (non-hydrogen) atoms. The normalized spacial score (nSPS) is 13.4. The Labute approximate surface area is 121 Å². The quantitative estimate of drug-likeness (QED) is 0.791. The number of rotatable bonds is 3. The Kier molecular flexibility index (Phi) is 5.00. The molecule has 1 unspecified atom stereocenters. The van der Waals surface area contributed by atoms with E-state index in [4.69, 9.17) is 10.00 Å². The van der Waals surface area contributed by atoms with Gasteiger partial charge in [-0.05, 0) is 32.4 Å². The summed E-state index contributed by atoms with van der Waals surface area (Å²) in [6, 6.07) is 6.50. The first-order chi connectivity index (χ1) is 9.54. The summed E-state index contributed by atoms with van der Waals surface area (Å²) in [6.45, 7) is 4.95. The molecule has 0 aliphatic heterocycles. The smallest absolute Gasteiger partial charge is 0.416 e. The molecule has 114 valence electrons. The first kappa shape index (κ1) is 17.0. The molecule has 0 heterocycles. The van der Waals surface area contributed by atoms with Crippen LogP contribution in [0.15, 0.2) is 24.3 Å². The minimum Gasteiger partial charge on any atom is -0.460 e. The zero-order valence-electron chi connectivity index (χ0n) is 12.0. The Balaban J connectivity index is 3.03. The molecule has 0 amide bonds. The van der Waals surface area contributed by atoms with Crippen molar-refractivity contribution in [1.82, 2.24) is 0 Å². The number of alkyl halides is 3. The van der Waals surface area contributed by atoms with Crippen LogP contribution in [0.4, 0.5) is 13.2 Å². The molecule has 0 radical (unpaired) electrons. The van der Waals surface area contributed by atoms with Gasteiger partial charge in [-0.25, -0.2) is 0 Å². The van der Waals surface area contributed by atoms with Crippen LogP contribution in [0.25, 0.3) is 0 Å². The minimum absolute atomic E-state index is 0.210. The number of ether oxygens (including phenoxy) is 1. The molecule has 1 atom stereocenters. The Morgan fingerprint density at radius 2 is 1.86 bits per heavy atom. The van der Waals surface area contributed by atoms with Crippen LogP contribution in [0.5, 0.6) is 0 Å². The molecule has 0 bridgehead atoms. The highest BCUT2D eigenvalue weighted by Crippen LogP contribution is 2.36. The molecule has 0 saturated heterocycles. The number of nitrogens with zero attached hydrogens (tertiary/aromatic N) is 1. The Morgan fingerprint density at radius 3 is 2.33 bits per heavy atom. The molecule has 0 aliphatic carbocycles. The molecular weight excluding hydrogens is 283 g/mol. The van der Waals surface area contributed by atoms with E-state index in [1.54, 1.807) is 26.8 Å². The predicted molar refractivity (Wildman–Crippen MR) is 70.3 cm³/mol. The van der Waals surface area contributed by atoms with Crippen LogP contribution in [0.3, 0.4) is 0 Å². The summed E-state index contributed by atoms with van der Waals surface area (Å²) in [6.07, 6.45) is -4.99. The number of carbonyl (C=O) groups excluding carboxylic acids is 1. The Hall–Kier alpha value is -2.03. The molecular formula is C15H16F3NO2. The van der Waals surface area contributed by atoms with Gasteiger partial charge in [-0.1, -0.05) is 18.2 Å². The van der Waals surface area contributed by atoms with Gasteiger partial charge >= 0.3 is 12.1 Å². The lowest BCUT2D eigenvalue weighted by Crippen LogP contribution is -2.25. The van der Waals surface area contributed by atoms with Gasteiger partial charge in [-0.2, -0.15) is 18.4 Å². The van der Waals surface area contributed by atoms with Crippen LogP contribution in [0.1, 0.15) is 44.2 Å². The highest BCUT2D eigenvalue weighted by Gasteiger charge is 2.35. The van der Waals surface area contributed by atoms with Crippen LogP contribution in [0, 0.1) is 11.3 Å². The third-order valence-corrected chi connectivity index (χ3v) is 2.59. The van der Waals surface area contributed by atoms with Gasteiger partial charge in [0.05, 0.1) is 24.0 Å². The molecule has 0 aliphatic rings. The molecule has 6 heteroatoms. The molecule has 0 aromatic heterocycles. The number of halogens is 3. The summed E-state index contributed by atoms with van der Waals surface area (Å²) in [5, 5.41) is 9.09. The van der Waals surface area contributed by atoms with E-state index in [9.17, 15) is 18.0 Å². The average molecular weight is 299 g/mol. The summed E-state index contributed by atoms with van der Waals surface area (Å²) >= 11 is 0. The van der Waals surface area contributed by atoms with Crippen molar-refractivity contribution >= 4 is 5.97 Å². The molecule has 1 rings (SSSR count). The largest absolute Gasteiger partial charge is 0.460 e. The van der Waals surface area contributed by atoms with Crippen molar-refractivity contribution in [3.63, 3.8) is 0 Å². The van der Waals surface area contributed by atoms with Crippen molar-refractivity contribution in [1.29, 1.82) is 5.26 Å². The molecule has 0 N–H and O–H groups in total. The number of hydrogen-bond acceptors (Lipinski definition) is 3. The summed E-state index contributed by atoms with van der Waals surface area (Å²) < 4.78 is 43.8. The van der Waals surface area contributed by atoms with Gasteiger partial charge in [0.15, 0.2) is 0 Å². The second-order valence-electron chi connectivity index (χ2n) is 5.56. The fraction of sp³-hybridized carbons (Fsp3) is 0.467. The summed E-state index contributed by atoms with van der Waals surface area (Å²) in [5.41, 5.74) is -1.86. The van der Waals surface area contributed by atoms with Crippen molar-refractivity contribution < 1.29 is 22.7 Å². The Morgan fingerprint density at radius 1 is 1.29 bits per heavy atom. The summed E-state index contributed by atoms with van der Waals surface area (Å²) in [4.78, 5) is 11.7. The standard InChI is InChI=1S/C15H16F3NO2/c1-14(2,3)21-13(20)8-10(9-19)11-6-4-5-7-12(11)15(16,17)18/h4-7,10H,8H2,1-3H3. The maximum atomic E-state index is 12.9. The highest BCUT2D eigenvalue weighted by molar-refractivity contribution is 5.71. The van der Waals surface area contributed by atoms with Crippen LogP contribution in [-0.4, -0.2) is 11.6 Å². The van der Waals surface area contributed by atoms with Crippen molar-refractivity contribution in [3.8, 4) is 6.07 Å². The molecule has 0 fully saturated rings. The number of carbonyl (C=O) groups is 1. The minimum atomic E-state index is -4.57. The molecule has 0 spiro atoms. The first-order valence-corrected chi connectivity index (χ1v) is 6.32. The fourth-order valence-electron chi connectivity index (χ4n) is 1.83. The SMILES string of the molecule is CC(C)(C)OC(=O)CC(C#N)c1ccccc1C(F)(F)F. The maximum Gasteiger partial charge on any atom is 0.416 e. The topological polar surface area (TPSA) is 50.1 Å². The number of esters is 1. The van der Waals surface area contributed by atoms with Gasteiger partial charge in [0, 0.05) is 0 Å². The van der Waals surface area contributed by atoms with Crippen LogP contribution < -0.4 is 0 Å². The number of nitriles is 1. The van der Waals surface area contributed by atoms with Crippen LogP contribution in [0.2, 0.25) is 0 Å². The van der Waals surface area contributed by atoms with Gasteiger partial charge in [0.2, 0.25) is 0 Å². The van der Waals surface area contributed by atoms with E-state index in [-0.39, 0.29) is 5.56 Å². The van der Waals surface area contributed by atoms with Gasteiger partial charge in [0.1, 0.15) is 5.60 Å². The van der Waals surface area contributed by atoms with E-state index >= 15 is 0 Å². The molecule has 1 aromatic rings. The third-order valence-electron chi connectivity index (χ3n) is 2.59. The maximum absolute atomic E-state index is 12.9. The number of hydrogen-bond donors (Lipinski definition) is 0. The first-order valence-electron chi connectivity index (χ1n) is 6.32. The second-order valence-corrected chi connectivity index (χ2v) is 5.56. The monoisotopic (exact) mass is 299 g/mol. The zero-order valence-corrected chi connectivity index (χ0v) is 12.0. The van der Waals surface area contributed by atoms with Crippen molar-refractivity contribution in [2.75, 3.05) is 0 Å². The molecule has 0 saturated carbocycles. The predicted octanol–water partition coefficient (Wildman–Crippen LogP) is 4.04. The van der Waals surface area contributed by atoms with E-state index < -0.39 is 35.6 Å². The highest BCUT2D eigenvalue weighted by atomic mass is 19.4. The lowest BCUT2D eigenvalue weighted by atomic mass is 9.92. The van der Waals surface area contributed by atoms with Gasteiger partial charge in [0.25, 0.3) is 0 Å². The Bertz CT molecular complexity index is 553. The van der Waals surface area contributed by atoms with Gasteiger partial charge in [-0.3, -0.25) is 4.79 Å². The van der Waals surface area contributed by atoms with Crippen LogP contribution in [-0.2, 0) is 15.7 Å². The van der Waals surface area contributed by atoms with E-state index in [0.717, 1.165) is 6.07 Å². The van der Waals surface area contributed by atoms with Crippen molar-refractivity contribution in [3.05, 3.63) is 35.4 Å². The lowest BCUT2D eigenvalue weighted by Gasteiger charge is -2.21. The van der Waals surface area contributed by atoms with E-state index in [1.807, 2.05) is 0 Å².